The van der Waals surface area contributed by atoms with Crippen molar-refractivity contribution in [1.29, 1.82) is 0 Å². The molecule has 1 heterocycles. The second-order valence-corrected chi connectivity index (χ2v) is 6.07. The Labute approximate surface area is 106 Å². The van der Waals surface area contributed by atoms with Gasteiger partial charge in [-0.15, -0.1) is 0 Å². The van der Waals surface area contributed by atoms with Crippen molar-refractivity contribution in [2.75, 3.05) is 24.0 Å². The number of nitrogen functional groups attached to an aromatic ring is 1. The Hall–Kier alpha value is -1.67. The maximum absolute atomic E-state index is 11.7. The van der Waals surface area contributed by atoms with Gasteiger partial charge in [0.1, 0.15) is 15.7 Å². The van der Waals surface area contributed by atoms with E-state index in [0.29, 0.717) is 24.3 Å². The van der Waals surface area contributed by atoms with Crippen LogP contribution in [0.25, 0.3) is 0 Å². The lowest BCUT2D eigenvalue weighted by molar-refractivity contribution is 0.0953. The summed E-state index contributed by atoms with van der Waals surface area (Å²) in [4.78, 5) is 15.6. The van der Waals surface area contributed by atoms with E-state index in [4.69, 9.17) is 5.84 Å². The predicted octanol–water partition coefficient (Wildman–Crippen LogP) is -0.468. The molecule has 1 rings (SSSR count). The highest BCUT2D eigenvalue weighted by atomic mass is 32.2. The van der Waals surface area contributed by atoms with Gasteiger partial charge in [-0.3, -0.25) is 4.79 Å². The van der Waals surface area contributed by atoms with Gasteiger partial charge in [0, 0.05) is 24.6 Å². The van der Waals surface area contributed by atoms with Gasteiger partial charge in [-0.25, -0.2) is 19.2 Å². The van der Waals surface area contributed by atoms with Gasteiger partial charge in [0.25, 0.3) is 5.91 Å². The number of nitrogens with two attached hydrogens (primary N) is 1. The third-order valence-electron chi connectivity index (χ3n) is 2.15. The normalized spacial score (nSPS) is 11.0. The van der Waals surface area contributed by atoms with Crippen LogP contribution in [0.5, 0.6) is 0 Å². The van der Waals surface area contributed by atoms with Crippen LogP contribution in [0.3, 0.4) is 0 Å². The number of anilines is 1. The highest BCUT2D eigenvalue weighted by molar-refractivity contribution is 7.90. The molecule has 4 N–H and O–H groups in total. The second-order valence-electron chi connectivity index (χ2n) is 3.81. The smallest absolute Gasteiger partial charge is 0.251 e. The van der Waals surface area contributed by atoms with Crippen LogP contribution in [0.4, 0.5) is 5.82 Å². The summed E-state index contributed by atoms with van der Waals surface area (Å²) in [7, 11) is -2.99. The molecule has 8 heteroatoms. The molecule has 0 aromatic carbocycles. The van der Waals surface area contributed by atoms with E-state index < -0.39 is 9.84 Å². The van der Waals surface area contributed by atoms with E-state index >= 15 is 0 Å². The molecule has 18 heavy (non-hydrogen) atoms. The fraction of sp³-hybridized carbons (Fsp3) is 0.400. The summed E-state index contributed by atoms with van der Waals surface area (Å²) in [6, 6.07) is 3.05. The SMILES string of the molecule is CS(=O)(=O)CCCNC(=O)c1ccnc(NN)c1. The summed E-state index contributed by atoms with van der Waals surface area (Å²) in [5.41, 5.74) is 2.75. The van der Waals surface area contributed by atoms with Crippen LogP contribution in [-0.4, -0.2) is 37.9 Å². The Kier molecular flexibility index (Phi) is 5.05. The minimum Gasteiger partial charge on any atom is -0.352 e. The van der Waals surface area contributed by atoms with Crippen molar-refractivity contribution in [3.05, 3.63) is 23.9 Å². The molecule has 0 aliphatic rings. The van der Waals surface area contributed by atoms with Crippen molar-refractivity contribution in [3.8, 4) is 0 Å². The number of hydrogen-bond donors (Lipinski definition) is 3. The Morgan fingerprint density at radius 3 is 2.83 bits per heavy atom. The number of hydrazine groups is 1. The Balaban J connectivity index is 2.45. The van der Waals surface area contributed by atoms with Gasteiger partial charge in [-0.1, -0.05) is 0 Å². The van der Waals surface area contributed by atoms with Gasteiger partial charge in [0.05, 0.1) is 5.75 Å². The number of nitrogens with one attached hydrogen (secondary N) is 2. The molecule has 0 saturated carbocycles. The van der Waals surface area contributed by atoms with Crippen LogP contribution in [0.1, 0.15) is 16.8 Å². The molecule has 0 aliphatic heterocycles. The standard InChI is InChI=1S/C10H16N4O3S/c1-18(16,17)6-2-4-13-10(15)8-3-5-12-9(7-8)14-11/h3,5,7H,2,4,6,11H2,1H3,(H,12,14)(H,13,15). The number of sulfone groups is 1. The van der Waals surface area contributed by atoms with Gasteiger partial charge in [0.15, 0.2) is 0 Å². The van der Waals surface area contributed by atoms with E-state index in [2.05, 4.69) is 15.7 Å². The molecule has 0 aliphatic carbocycles. The van der Waals surface area contributed by atoms with Gasteiger partial charge in [-0.05, 0) is 18.6 Å². The number of pyridine rings is 1. The molecule has 0 unspecified atom stereocenters. The molecule has 0 bridgehead atoms. The molecule has 0 spiro atoms. The van der Waals surface area contributed by atoms with E-state index in [1.807, 2.05) is 0 Å². The molecule has 1 aromatic rings. The summed E-state index contributed by atoms with van der Waals surface area (Å²) in [6.07, 6.45) is 3.01. The Morgan fingerprint density at radius 1 is 1.50 bits per heavy atom. The third-order valence-corrected chi connectivity index (χ3v) is 3.18. The van der Waals surface area contributed by atoms with Gasteiger partial charge in [0.2, 0.25) is 0 Å². The zero-order chi connectivity index (χ0) is 13.6. The summed E-state index contributed by atoms with van der Waals surface area (Å²) in [5.74, 6) is 5.33. The summed E-state index contributed by atoms with van der Waals surface area (Å²) < 4.78 is 21.8. The van der Waals surface area contributed by atoms with Crippen molar-refractivity contribution in [3.63, 3.8) is 0 Å². The average molecular weight is 272 g/mol. The van der Waals surface area contributed by atoms with E-state index in [0.717, 1.165) is 6.26 Å². The van der Waals surface area contributed by atoms with Crippen molar-refractivity contribution in [2.45, 2.75) is 6.42 Å². The first kappa shape index (κ1) is 14.4. The van der Waals surface area contributed by atoms with E-state index in [-0.39, 0.29) is 11.7 Å². The number of rotatable bonds is 6. The Morgan fingerprint density at radius 2 is 2.22 bits per heavy atom. The van der Waals surface area contributed by atoms with Crippen LogP contribution in [0.2, 0.25) is 0 Å². The highest BCUT2D eigenvalue weighted by Crippen LogP contribution is 2.04. The minimum absolute atomic E-state index is 0.0548. The monoisotopic (exact) mass is 272 g/mol. The Bertz CT molecular complexity index is 516. The van der Waals surface area contributed by atoms with Crippen molar-refractivity contribution in [1.82, 2.24) is 10.3 Å². The van der Waals surface area contributed by atoms with Crippen LogP contribution in [-0.2, 0) is 9.84 Å². The first-order chi connectivity index (χ1) is 8.42. The van der Waals surface area contributed by atoms with Crippen LogP contribution in [0, 0.1) is 0 Å². The second kappa shape index (κ2) is 6.31. The number of hydrogen-bond acceptors (Lipinski definition) is 6. The molecule has 0 fully saturated rings. The molecule has 1 aromatic heterocycles. The van der Waals surface area contributed by atoms with Crippen molar-refractivity contribution in [2.24, 2.45) is 5.84 Å². The lowest BCUT2D eigenvalue weighted by Gasteiger charge is -2.05. The number of amides is 1. The van der Waals surface area contributed by atoms with Gasteiger partial charge >= 0.3 is 0 Å². The molecule has 100 valence electrons. The molecule has 0 saturated heterocycles. The number of carbonyl (C=O) groups excluding carboxylic acids is 1. The zero-order valence-corrected chi connectivity index (χ0v) is 10.8. The summed E-state index contributed by atoms with van der Waals surface area (Å²) >= 11 is 0. The molecule has 1 amide bonds. The predicted molar refractivity (Wildman–Crippen MR) is 68.7 cm³/mol. The summed E-state index contributed by atoms with van der Waals surface area (Å²) in [5, 5.41) is 2.62. The van der Waals surface area contributed by atoms with E-state index in [1.165, 1.54) is 12.3 Å². The lowest BCUT2D eigenvalue weighted by atomic mass is 10.2. The van der Waals surface area contributed by atoms with Crippen LogP contribution < -0.4 is 16.6 Å². The summed E-state index contributed by atoms with van der Waals surface area (Å²) in [6.45, 7) is 0.305. The molecular formula is C10H16N4O3S. The quantitative estimate of drug-likeness (QED) is 0.366. The topological polar surface area (TPSA) is 114 Å². The number of aromatic nitrogens is 1. The number of nitrogens with zero attached hydrogens (tertiary/aromatic N) is 1. The van der Waals surface area contributed by atoms with E-state index in [9.17, 15) is 13.2 Å². The first-order valence-electron chi connectivity index (χ1n) is 5.31. The third kappa shape index (κ3) is 5.11. The highest BCUT2D eigenvalue weighted by Gasteiger charge is 2.07. The zero-order valence-electron chi connectivity index (χ0n) is 10.0. The van der Waals surface area contributed by atoms with Crippen molar-refractivity contribution >= 4 is 21.6 Å². The van der Waals surface area contributed by atoms with Crippen LogP contribution in [0.15, 0.2) is 18.3 Å². The van der Waals surface area contributed by atoms with Gasteiger partial charge in [-0.2, -0.15) is 0 Å². The first-order valence-corrected chi connectivity index (χ1v) is 7.37. The number of carbonyl (C=O) groups is 1. The fourth-order valence-corrected chi connectivity index (χ4v) is 1.96. The maximum atomic E-state index is 11.7. The molecule has 0 atom stereocenters. The lowest BCUT2D eigenvalue weighted by Crippen LogP contribution is -2.26. The van der Waals surface area contributed by atoms with E-state index in [1.54, 1.807) is 6.07 Å². The molecule has 0 radical (unpaired) electrons. The largest absolute Gasteiger partial charge is 0.352 e. The minimum atomic E-state index is -2.99. The maximum Gasteiger partial charge on any atom is 0.251 e. The fourth-order valence-electron chi connectivity index (χ4n) is 1.29. The van der Waals surface area contributed by atoms with Gasteiger partial charge < -0.3 is 10.7 Å². The molecule has 7 nitrogen and oxygen atoms in total. The molecular weight excluding hydrogens is 256 g/mol. The van der Waals surface area contributed by atoms with Crippen molar-refractivity contribution < 1.29 is 13.2 Å². The average Bonchev–Trinajstić information content (AvgIpc) is 2.33. The van der Waals surface area contributed by atoms with Crippen LogP contribution >= 0.6 is 0 Å².